The van der Waals surface area contributed by atoms with Crippen LogP contribution < -0.4 is 4.74 Å². The third-order valence-corrected chi connectivity index (χ3v) is 9.01. The summed E-state index contributed by atoms with van der Waals surface area (Å²) in [5, 5.41) is 0.439. The summed E-state index contributed by atoms with van der Waals surface area (Å²) in [5.74, 6) is -0.00987. The topological polar surface area (TPSA) is 70.2 Å². The fourth-order valence-electron chi connectivity index (χ4n) is 4.72. The van der Waals surface area contributed by atoms with Crippen molar-refractivity contribution in [3.05, 3.63) is 94.8 Å². The molecule has 1 heterocycles. The summed E-state index contributed by atoms with van der Waals surface area (Å²) in [7, 11) is -2.23. The third-order valence-electron chi connectivity index (χ3n) is 6.95. The second kappa shape index (κ2) is 12.5. The summed E-state index contributed by atoms with van der Waals surface area (Å²) in [4.78, 5) is 17.5. The second-order valence-corrected chi connectivity index (χ2v) is 12.4. The lowest BCUT2D eigenvalue weighted by molar-refractivity contribution is -0.139. The van der Waals surface area contributed by atoms with Crippen LogP contribution in [0, 0.1) is 5.82 Å². The largest absolute Gasteiger partial charge is 0.483 e. The molecule has 2 unspecified atom stereocenters. The molecule has 0 saturated carbocycles. The van der Waals surface area contributed by atoms with Crippen LogP contribution in [0.1, 0.15) is 25.0 Å². The number of carbonyl (C=O) groups is 1. The minimum absolute atomic E-state index is 0.0246. The van der Waals surface area contributed by atoms with Crippen LogP contribution in [0.4, 0.5) is 4.39 Å². The van der Waals surface area contributed by atoms with Gasteiger partial charge in [0.05, 0.1) is 4.90 Å². The quantitative estimate of drug-likeness (QED) is 0.368. The van der Waals surface area contributed by atoms with Gasteiger partial charge in [-0.05, 0) is 61.9 Å². The Morgan fingerprint density at radius 1 is 1.03 bits per heavy atom. The van der Waals surface area contributed by atoms with Crippen molar-refractivity contribution in [1.29, 1.82) is 0 Å². The molecule has 0 radical (unpaired) electrons. The van der Waals surface area contributed by atoms with Crippen LogP contribution in [0.2, 0.25) is 5.02 Å². The van der Waals surface area contributed by atoms with E-state index in [9.17, 15) is 17.6 Å². The van der Waals surface area contributed by atoms with Gasteiger partial charge in [0.1, 0.15) is 11.6 Å². The van der Waals surface area contributed by atoms with Crippen LogP contribution in [0.15, 0.2) is 77.7 Å². The fraction of sp³-hybridized carbons (Fsp3) is 0.345. The molecule has 3 aromatic rings. The molecule has 39 heavy (non-hydrogen) atoms. The van der Waals surface area contributed by atoms with E-state index in [4.69, 9.17) is 16.3 Å². The van der Waals surface area contributed by atoms with Gasteiger partial charge in [-0.25, -0.2) is 12.8 Å². The van der Waals surface area contributed by atoms with Crippen molar-refractivity contribution < 1.29 is 22.3 Å². The minimum Gasteiger partial charge on any atom is -0.483 e. The highest BCUT2D eigenvalue weighted by atomic mass is 35.5. The summed E-state index contributed by atoms with van der Waals surface area (Å²) >= 11 is 6.21. The Kier molecular flexibility index (Phi) is 9.27. The van der Waals surface area contributed by atoms with E-state index in [1.807, 2.05) is 11.8 Å². The van der Waals surface area contributed by atoms with Crippen LogP contribution in [0.3, 0.4) is 0 Å². The van der Waals surface area contributed by atoms with Gasteiger partial charge in [-0.1, -0.05) is 41.9 Å². The molecular weight excluding hydrogens is 541 g/mol. The summed E-state index contributed by atoms with van der Waals surface area (Å²) in [6, 6.07) is 19.7. The number of benzene rings is 3. The summed E-state index contributed by atoms with van der Waals surface area (Å²) < 4.78 is 46.4. The zero-order valence-electron chi connectivity index (χ0n) is 22.3. The Labute approximate surface area is 234 Å². The molecule has 208 valence electrons. The highest BCUT2D eigenvalue weighted by Gasteiger charge is 2.32. The standard InChI is InChI=1S/C29H33ClFN3O4S/c1-21-17-34(22(2)16-33(21)18-23-9-12-26(31)13-10-23)29(35)20-38-28-14-11-25(30)15-24(28)19-32(3)39(36,37)27-7-5-4-6-8-27/h4-15,21-22H,16-20H2,1-3H3. The molecule has 0 N–H and O–H groups in total. The normalized spacial score (nSPS) is 18.4. The van der Waals surface area contributed by atoms with Crippen LogP contribution in [0.5, 0.6) is 5.75 Å². The van der Waals surface area contributed by atoms with Crippen molar-refractivity contribution in [3.63, 3.8) is 0 Å². The number of piperazine rings is 1. The molecule has 3 aromatic carbocycles. The van der Waals surface area contributed by atoms with Gasteiger partial charge in [0.2, 0.25) is 10.0 Å². The van der Waals surface area contributed by atoms with Crippen molar-refractivity contribution in [2.24, 2.45) is 0 Å². The number of nitrogens with zero attached hydrogens (tertiary/aromatic N) is 3. The van der Waals surface area contributed by atoms with E-state index in [0.29, 0.717) is 36.0 Å². The van der Waals surface area contributed by atoms with Crippen LogP contribution in [0.25, 0.3) is 0 Å². The summed E-state index contributed by atoms with van der Waals surface area (Å²) in [5.41, 5.74) is 1.58. The minimum atomic E-state index is -3.72. The lowest BCUT2D eigenvalue weighted by Crippen LogP contribution is -2.58. The van der Waals surface area contributed by atoms with Crippen molar-refractivity contribution in [3.8, 4) is 5.75 Å². The first-order chi connectivity index (χ1) is 18.5. The van der Waals surface area contributed by atoms with Gasteiger partial charge in [0.15, 0.2) is 6.61 Å². The van der Waals surface area contributed by atoms with Crippen molar-refractivity contribution in [1.82, 2.24) is 14.1 Å². The van der Waals surface area contributed by atoms with Crippen molar-refractivity contribution in [2.45, 2.75) is 43.9 Å². The number of amides is 1. The maximum Gasteiger partial charge on any atom is 0.260 e. The Morgan fingerprint density at radius 2 is 1.72 bits per heavy atom. The zero-order valence-corrected chi connectivity index (χ0v) is 23.8. The predicted molar refractivity (Wildman–Crippen MR) is 149 cm³/mol. The smallest absolute Gasteiger partial charge is 0.260 e. The first-order valence-corrected chi connectivity index (χ1v) is 14.6. The van der Waals surface area contributed by atoms with E-state index in [-0.39, 0.29) is 41.9 Å². The first kappa shape index (κ1) is 29.0. The fourth-order valence-corrected chi connectivity index (χ4v) is 6.09. The highest BCUT2D eigenvalue weighted by Crippen LogP contribution is 2.27. The second-order valence-electron chi connectivity index (χ2n) is 9.91. The monoisotopic (exact) mass is 573 g/mol. The Balaban J connectivity index is 1.39. The molecule has 1 saturated heterocycles. The van der Waals surface area contributed by atoms with E-state index in [1.165, 1.54) is 23.5 Å². The van der Waals surface area contributed by atoms with Crippen LogP contribution in [-0.4, -0.2) is 67.3 Å². The number of hydrogen-bond acceptors (Lipinski definition) is 5. The van der Waals surface area contributed by atoms with Gasteiger partial charge in [-0.2, -0.15) is 4.31 Å². The van der Waals surface area contributed by atoms with Crippen LogP contribution >= 0.6 is 11.6 Å². The maximum absolute atomic E-state index is 13.3. The number of ether oxygens (including phenoxy) is 1. The molecule has 0 aromatic heterocycles. The maximum atomic E-state index is 13.3. The number of carbonyl (C=O) groups excluding carboxylic acids is 1. The lowest BCUT2D eigenvalue weighted by Gasteiger charge is -2.44. The van der Waals surface area contributed by atoms with E-state index < -0.39 is 10.0 Å². The SMILES string of the molecule is CC1CN(C(=O)COc2ccc(Cl)cc2CN(C)S(=O)(=O)c2ccccc2)C(C)CN1Cc1ccc(F)cc1. The molecule has 4 rings (SSSR count). The molecule has 0 aliphatic carbocycles. The molecule has 1 aliphatic heterocycles. The molecule has 1 fully saturated rings. The molecule has 1 amide bonds. The molecular formula is C29H33ClFN3O4S. The summed E-state index contributed by atoms with van der Waals surface area (Å²) in [6.45, 7) is 5.80. The van der Waals surface area contributed by atoms with E-state index in [1.54, 1.807) is 60.7 Å². The Bertz CT molecular complexity index is 1390. The zero-order chi connectivity index (χ0) is 28.2. The van der Waals surface area contributed by atoms with Gasteiger partial charge in [-0.15, -0.1) is 0 Å². The first-order valence-electron chi connectivity index (χ1n) is 12.7. The van der Waals surface area contributed by atoms with Gasteiger partial charge in [-0.3, -0.25) is 9.69 Å². The number of sulfonamides is 1. The Morgan fingerprint density at radius 3 is 2.41 bits per heavy atom. The van der Waals surface area contributed by atoms with Gasteiger partial charge in [0.25, 0.3) is 5.91 Å². The average molecular weight is 574 g/mol. The van der Waals surface area contributed by atoms with Gasteiger partial charge < -0.3 is 9.64 Å². The highest BCUT2D eigenvalue weighted by molar-refractivity contribution is 7.89. The van der Waals surface area contributed by atoms with Crippen molar-refractivity contribution in [2.75, 3.05) is 26.7 Å². The molecule has 1 aliphatic rings. The number of halogens is 2. The molecule has 0 spiro atoms. The number of hydrogen-bond donors (Lipinski definition) is 0. The average Bonchev–Trinajstić information content (AvgIpc) is 2.91. The predicted octanol–water partition coefficient (Wildman–Crippen LogP) is 4.80. The van der Waals surface area contributed by atoms with E-state index in [0.717, 1.165) is 5.56 Å². The molecule has 7 nitrogen and oxygen atoms in total. The number of rotatable bonds is 9. The third kappa shape index (κ3) is 7.16. The van der Waals surface area contributed by atoms with Gasteiger partial charge in [0, 0.05) is 55.9 Å². The van der Waals surface area contributed by atoms with Crippen LogP contribution in [-0.2, 0) is 27.9 Å². The molecule has 0 bridgehead atoms. The molecule has 10 heteroatoms. The summed E-state index contributed by atoms with van der Waals surface area (Å²) in [6.07, 6.45) is 0. The van der Waals surface area contributed by atoms with E-state index in [2.05, 4.69) is 11.8 Å². The van der Waals surface area contributed by atoms with Crippen molar-refractivity contribution >= 4 is 27.5 Å². The van der Waals surface area contributed by atoms with E-state index >= 15 is 0 Å². The molecule has 2 atom stereocenters. The van der Waals surface area contributed by atoms with Gasteiger partial charge >= 0.3 is 0 Å². The Hall–Kier alpha value is -2.98. The lowest BCUT2D eigenvalue weighted by atomic mass is 10.1.